The zero-order chi connectivity index (χ0) is 13.2. The minimum absolute atomic E-state index is 0.122. The average molecular weight is 261 g/mol. The molecule has 1 aliphatic rings. The summed E-state index contributed by atoms with van der Waals surface area (Å²) in [6.45, 7) is 3.73. The maximum Gasteiger partial charge on any atom is 0.227 e. The van der Waals surface area contributed by atoms with Crippen molar-refractivity contribution in [2.45, 2.75) is 26.4 Å². The third-order valence-electron chi connectivity index (χ3n) is 3.37. The van der Waals surface area contributed by atoms with Gasteiger partial charge in [0, 0.05) is 18.5 Å². The van der Waals surface area contributed by atoms with Gasteiger partial charge in [0.25, 0.3) is 0 Å². The molecule has 0 N–H and O–H groups in total. The molecule has 1 amide bonds. The number of amides is 1. The van der Waals surface area contributed by atoms with Gasteiger partial charge in [0.1, 0.15) is 18.9 Å². The molecule has 0 radical (unpaired) electrons. The number of rotatable bonds is 3. The van der Waals surface area contributed by atoms with E-state index in [0.29, 0.717) is 19.6 Å². The fourth-order valence-corrected chi connectivity index (χ4v) is 2.33. The van der Waals surface area contributed by atoms with Gasteiger partial charge in [-0.15, -0.1) is 0 Å². The molecule has 100 valence electrons. The summed E-state index contributed by atoms with van der Waals surface area (Å²) in [5.74, 6) is 0.00506. The van der Waals surface area contributed by atoms with Crippen LogP contribution in [0, 0.1) is 5.92 Å². The lowest BCUT2D eigenvalue weighted by Crippen LogP contribution is -2.40. The van der Waals surface area contributed by atoms with Crippen LogP contribution in [0.3, 0.4) is 0 Å². The summed E-state index contributed by atoms with van der Waals surface area (Å²) >= 11 is 0. The number of nitrogens with zero attached hydrogens (tertiary/aromatic N) is 5. The summed E-state index contributed by atoms with van der Waals surface area (Å²) in [4.78, 5) is 18.1. The number of fused-ring (bicyclic) bond motifs is 1. The molecule has 3 rings (SSSR count). The minimum atomic E-state index is -0.122. The molecule has 1 atom stereocenters. The van der Waals surface area contributed by atoms with Crippen molar-refractivity contribution in [1.29, 1.82) is 0 Å². The average Bonchev–Trinajstić information content (AvgIpc) is 3.07. The molecular weight excluding hydrogens is 246 g/mol. The zero-order valence-corrected chi connectivity index (χ0v) is 10.7. The molecule has 19 heavy (non-hydrogen) atoms. The highest BCUT2D eigenvalue weighted by molar-refractivity contribution is 5.78. The summed E-state index contributed by atoms with van der Waals surface area (Å²) in [5, 5.41) is 7.94. The van der Waals surface area contributed by atoms with Gasteiger partial charge in [-0.1, -0.05) is 12.1 Å². The van der Waals surface area contributed by atoms with E-state index in [1.54, 1.807) is 17.3 Å². The van der Waals surface area contributed by atoms with Gasteiger partial charge in [0.2, 0.25) is 5.91 Å². The topological polar surface area (TPSA) is 77.1 Å². The van der Waals surface area contributed by atoms with Crippen molar-refractivity contribution >= 4 is 5.91 Å². The fraction of sp³-hybridized carbons (Fsp3) is 0.500. The first-order valence-electron chi connectivity index (χ1n) is 6.27. The first-order chi connectivity index (χ1) is 9.24. The standard InChI is InChI=1S/C12H15N5O2/c1-9(4-17-8-13-7-14-17)12(18)16-3-2-11-10(5-16)6-19-15-11/h6-9H,2-5H2,1H3. The summed E-state index contributed by atoms with van der Waals surface area (Å²) in [5.41, 5.74) is 1.97. The number of aromatic nitrogens is 4. The Morgan fingerprint density at radius 3 is 3.26 bits per heavy atom. The van der Waals surface area contributed by atoms with Crippen molar-refractivity contribution in [1.82, 2.24) is 24.8 Å². The number of hydrogen-bond acceptors (Lipinski definition) is 5. The monoisotopic (exact) mass is 261 g/mol. The second kappa shape index (κ2) is 4.83. The fourth-order valence-electron chi connectivity index (χ4n) is 2.33. The van der Waals surface area contributed by atoms with Gasteiger partial charge < -0.3 is 9.42 Å². The molecule has 7 nitrogen and oxygen atoms in total. The molecule has 1 aliphatic heterocycles. The maximum absolute atomic E-state index is 12.4. The largest absolute Gasteiger partial charge is 0.364 e. The predicted molar refractivity (Wildman–Crippen MR) is 64.8 cm³/mol. The van der Waals surface area contributed by atoms with Gasteiger partial charge in [-0.25, -0.2) is 4.98 Å². The van der Waals surface area contributed by atoms with Crippen LogP contribution in [0.1, 0.15) is 18.2 Å². The molecule has 7 heteroatoms. The molecular formula is C12H15N5O2. The predicted octanol–water partition coefficient (Wildman–Crippen LogP) is 0.487. The lowest BCUT2D eigenvalue weighted by molar-refractivity contribution is -0.136. The Morgan fingerprint density at radius 2 is 2.47 bits per heavy atom. The second-order valence-corrected chi connectivity index (χ2v) is 4.81. The van der Waals surface area contributed by atoms with E-state index in [0.717, 1.165) is 17.7 Å². The SMILES string of the molecule is CC(Cn1cncn1)C(=O)N1CCc2nocc2C1. The normalized spacial score (nSPS) is 16.2. The zero-order valence-electron chi connectivity index (χ0n) is 10.7. The smallest absolute Gasteiger partial charge is 0.227 e. The third-order valence-corrected chi connectivity index (χ3v) is 3.37. The Labute approximate surface area is 110 Å². The Bertz CT molecular complexity index is 562. The second-order valence-electron chi connectivity index (χ2n) is 4.81. The van der Waals surface area contributed by atoms with E-state index in [4.69, 9.17) is 4.52 Å². The van der Waals surface area contributed by atoms with E-state index < -0.39 is 0 Å². The molecule has 3 heterocycles. The van der Waals surface area contributed by atoms with Crippen LogP contribution in [0.5, 0.6) is 0 Å². The third kappa shape index (κ3) is 2.35. The van der Waals surface area contributed by atoms with E-state index in [1.165, 1.54) is 6.33 Å². The first-order valence-corrected chi connectivity index (χ1v) is 6.27. The van der Waals surface area contributed by atoms with Gasteiger partial charge in [0.05, 0.1) is 24.7 Å². The number of carbonyl (C=O) groups excluding carboxylic acids is 1. The van der Waals surface area contributed by atoms with Gasteiger partial charge >= 0.3 is 0 Å². The highest BCUT2D eigenvalue weighted by Crippen LogP contribution is 2.19. The summed E-state index contributed by atoms with van der Waals surface area (Å²) in [7, 11) is 0. The highest BCUT2D eigenvalue weighted by Gasteiger charge is 2.26. The van der Waals surface area contributed by atoms with Gasteiger partial charge in [-0.2, -0.15) is 5.10 Å². The molecule has 1 unspecified atom stereocenters. The molecule has 2 aromatic rings. The Hall–Kier alpha value is -2.18. The lowest BCUT2D eigenvalue weighted by atomic mass is 10.1. The Kier molecular flexibility index (Phi) is 3.02. The van der Waals surface area contributed by atoms with Crippen LogP contribution < -0.4 is 0 Å². The van der Waals surface area contributed by atoms with Gasteiger partial charge in [-0.3, -0.25) is 9.48 Å². The number of hydrogen-bond donors (Lipinski definition) is 0. The van der Waals surface area contributed by atoms with Crippen LogP contribution >= 0.6 is 0 Å². The van der Waals surface area contributed by atoms with Crippen LogP contribution in [0.15, 0.2) is 23.4 Å². The molecule has 0 saturated heterocycles. The van der Waals surface area contributed by atoms with Crippen LogP contribution in [-0.4, -0.2) is 37.3 Å². The van der Waals surface area contributed by atoms with Crippen molar-refractivity contribution < 1.29 is 9.32 Å². The summed E-state index contributed by atoms with van der Waals surface area (Å²) < 4.78 is 6.61. The van der Waals surface area contributed by atoms with Gasteiger partial charge in [-0.05, 0) is 0 Å². The maximum atomic E-state index is 12.4. The molecule has 0 aromatic carbocycles. The van der Waals surface area contributed by atoms with Crippen molar-refractivity contribution in [3.63, 3.8) is 0 Å². The van der Waals surface area contributed by atoms with Crippen LogP contribution in [0.25, 0.3) is 0 Å². The molecule has 0 fully saturated rings. The molecule has 0 spiro atoms. The Morgan fingerprint density at radius 1 is 1.58 bits per heavy atom. The highest BCUT2D eigenvalue weighted by atomic mass is 16.5. The van der Waals surface area contributed by atoms with E-state index >= 15 is 0 Å². The van der Waals surface area contributed by atoms with Crippen molar-refractivity contribution in [2.75, 3.05) is 6.54 Å². The van der Waals surface area contributed by atoms with Crippen molar-refractivity contribution in [2.24, 2.45) is 5.92 Å². The lowest BCUT2D eigenvalue weighted by Gasteiger charge is -2.28. The Balaban J connectivity index is 1.65. The van der Waals surface area contributed by atoms with E-state index in [2.05, 4.69) is 15.2 Å². The van der Waals surface area contributed by atoms with E-state index in [1.807, 2.05) is 11.8 Å². The number of carbonyl (C=O) groups is 1. The van der Waals surface area contributed by atoms with Crippen molar-refractivity contribution in [3.05, 3.63) is 30.2 Å². The molecule has 0 aliphatic carbocycles. The van der Waals surface area contributed by atoms with Crippen molar-refractivity contribution in [3.8, 4) is 0 Å². The van der Waals surface area contributed by atoms with Crippen LogP contribution in [0.4, 0.5) is 0 Å². The van der Waals surface area contributed by atoms with Crippen LogP contribution in [-0.2, 0) is 24.3 Å². The van der Waals surface area contributed by atoms with Gasteiger partial charge in [0.15, 0.2) is 0 Å². The quantitative estimate of drug-likeness (QED) is 0.803. The van der Waals surface area contributed by atoms with E-state index in [9.17, 15) is 4.79 Å². The molecule has 0 saturated carbocycles. The summed E-state index contributed by atoms with van der Waals surface area (Å²) in [6.07, 6.45) is 5.48. The molecule has 0 bridgehead atoms. The molecule has 2 aromatic heterocycles. The first kappa shape index (κ1) is 11.9. The minimum Gasteiger partial charge on any atom is -0.364 e. The van der Waals surface area contributed by atoms with Crippen LogP contribution in [0.2, 0.25) is 0 Å². The van der Waals surface area contributed by atoms with E-state index in [-0.39, 0.29) is 11.8 Å². The summed E-state index contributed by atoms with van der Waals surface area (Å²) in [6, 6.07) is 0.